The summed E-state index contributed by atoms with van der Waals surface area (Å²) in [5.74, 6) is -1.55. The number of carboxylic acids is 1. The van der Waals surface area contributed by atoms with Gasteiger partial charge in [-0.25, -0.2) is 0 Å². The van der Waals surface area contributed by atoms with Gasteiger partial charge in [0, 0.05) is 0 Å². The molecule has 0 amide bonds. The molecule has 8 heavy (non-hydrogen) atoms. The molecule has 0 aliphatic heterocycles. The van der Waals surface area contributed by atoms with Gasteiger partial charge in [0.2, 0.25) is 0 Å². The second kappa shape index (κ2) is 3.81. The van der Waals surface area contributed by atoms with Gasteiger partial charge in [-0.2, -0.15) is 0 Å². The predicted octanol–water partition coefficient (Wildman–Crippen LogP) is -0.445. The summed E-state index contributed by atoms with van der Waals surface area (Å²) in [6, 6.07) is 0. The molecule has 0 saturated heterocycles. The molecule has 0 bridgehead atoms. The number of hydrogen-bond acceptors (Lipinski definition) is 2. The van der Waals surface area contributed by atoms with E-state index in [1.165, 1.54) is 0 Å². The standard InChI is InChI=1S/C4H9O3P/c5-1-3(2-8)4(6)7/h3,5H,1-2,8H2,(H,6,7). The Labute approximate surface area is 49.9 Å². The van der Waals surface area contributed by atoms with Crippen LogP contribution in [0.2, 0.25) is 0 Å². The molecule has 0 spiro atoms. The number of aliphatic carboxylic acids is 1. The monoisotopic (exact) mass is 136 g/mol. The van der Waals surface area contributed by atoms with Gasteiger partial charge in [-0.05, 0) is 6.16 Å². The van der Waals surface area contributed by atoms with Gasteiger partial charge in [0.15, 0.2) is 0 Å². The van der Waals surface area contributed by atoms with Crippen LogP contribution in [0.4, 0.5) is 0 Å². The van der Waals surface area contributed by atoms with E-state index in [2.05, 4.69) is 9.24 Å². The van der Waals surface area contributed by atoms with Crippen LogP contribution in [0, 0.1) is 5.92 Å². The lowest BCUT2D eigenvalue weighted by atomic mass is 10.2. The second-order valence-corrected chi connectivity index (χ2v) is 1.92. The van der Waals surface area contributed by atoms with E-state index in [0.717, 1.165) is 0 Å². The van der Waals surface area contributed by atoms with E-state index >= 15 is 0 Å². The molecule has 0 radical (unpaired) electrons. The first kappa shape index (κ1) is 7.86. The fourth-order valence-corrected chi connectivity index (χ4v) is 0.604. The first-order valence-electron chi connectivity index (χ1n) is 2.26. The molecule has 2 atom stereocenters. The van der Waals surface area contributed by atoms with E-state index < -0.39 is 11.9 Å². The highest BCUT2D eigenvalue weighted by Crippen LogP contribution is 1.98. The average molecular weight is 136 g/mol. The first-order valence-corrected chi connectivity index (χ1v) is 3.07. The summed E-state index contributed by atoms with van der Waals surface area (Å²) in [5.41, 5.74) is 0. The molecule has 0 rings (SSSR count). The van der Waals surface area contributed by atoms with E-state index in [1.54, 1.807) is 0 Å². The molecule has 0 fully saturated rings. The summed E-state index contributed by atoms with van der Waals surface area (Å²) in [5, 5.41) is 16.5. The normalized spacial score (nSPS) is 13.2. The van der Waals surface area contributed by atoms with Crippen molar-refractivity contribution in [2.45, 2.75) is 0 Å². The Morgan fingerprint density at radius 2 is 2.25 bits per heavy atom. The van der Waals surface area contributed by atoms with E-state index in [0.29, 0.717) is 6.16 Å². The third-order valence-electron chi connectivity index (χ3n) is 0.854. The van der Waals surface area contributed by atoms with Gasteiger partial charge >= 0.3 is 5.97 Å². The molecule has 3 nitrogen and oxygen atoms in total. The maximum atomic E-state index is 9.99. The fourth-order valence-electron chi connectivity index (χ4n) is 0.253. The number of rotatable bonds is 3. The van der Waals surface area contributed by atoms with Crippen LogP contribution in [0.1, 0.15) is 0 Å². The molecule has 2 N–H and O–H groups in total. The molecule has 0 aromatic heterocycles. The maximum Gasteiger partial charge on any atom is 0.309 e. The summed E-state index contributed by atoms with van der Waals surface area (Å²) < 4.78 is 0. The number of hydrogen-bond donors (Lipinski definition) is 2. The Balaban J connectivity index is 3.52. The van der Waals surface area contributed by atoms with Crippen LogP contribution < -0.4 is 0 Å². The SMILES string of the molecule is O=C(O)C(CO)CP. The molecule has 0 aromatic carbocycles. The lowest BCUT2D eigenvalue weighted by Crippen LogP contribution is -2.18. The molecule has 0 aliphatic carbocycles. The van der Waals surface area contributed by atoms with Gasteiger partial charge in [0.05, 0.1) is 12.5 Å². The van der Waals surface area contributed by atoms with E-state index in [1.807, 2.05) is 0 Å². The minimum Gasteiger partial charge on any atom is -0.481 e. The van der Waals surface area contributed by atoms with Crippen molar-refractivity contribution < 1.29 is 15.0 Å². The summed E-state index contributed by atoms with van der Waals surface area (Å²) in [4.78, 5) is 9.99. The fraction of sp³-hybridized carbons (Fsp3) is 0.750. The van der Waals surface area contributed by atoms with Crippen molar-refractivity contribution >= 4 is 15.2 Å². The van der Waals surface area contributed by atoms with E-state index in [-0.39, 0.29) is 6.61 Å². The van der Waals surface area contributed by atoms with Crippen molar-refractivity contribution in [1.29, 1.82) is 0 Å². The lowest BCUT2D eigenvalue weighted by Gasteiger charge is -2.01. The predicted molar refractivity (Wildman–Crippen MR) is 32.8 cm³/mol. The average Bonchev–Trinajstić information content (AvgIpc) is 1.69. The van der Waals surface area contributed by atoms with Crippen LogP contribution >= 0.6 is 9.24 Å². The minimum atomic E-state index is -0.942. The van der Waals surface area contributed by atoms with Crippen molar-refractivity contribution in [2.24, 2.45) is 5.92 Å². The Morgan fingerprint density at radius 3 is 2.25 bits per heavy atom. The van der Waals surface area contributed by atoms with Crippen LogP contribution in [-0.4, -0.2) is 29.0 Å². The zero-order valence-electron chi connectivity index (χ0n) is 4.37. The topological polar surface area (TPSA) is 57.5 Å². The largest absolute Gasteiger partial charge is 0.481 e. The summed E-state index contributed by atoms with van der Waals surface area (Å²) in [7, 11) is 2.27. The molecule has 0 aliphatic rings. The van der Waals surface area contributed by atoms with Gasteiger partial charge < -0.3 is 10.2 Å². The smallest absolute Gasteiger partial charge is 0.309 e. The van der Waals surface area contributed by atoms with Gasteiger partial charge in [-0.15, -0.1) is 9.24 Å². The molecular weight excluding hydrogens is 127 g/mol. The Morgan fingerprint density at radius 1 is 1.75 bits per heavy atom. The van der Waals surface area contributed by atoms with Crippen molar-refractivity contribution in [3.05, 3.63) is 0 Å². The molecule has 4 heteroatoms. The first-order chi connectivity index (χ1) is 3.72. The van der Waals surface area contributed by atoms with Crippen molar-refractivity contribution in [2.75, 3.05) is 12.8 Å². The van der Waals surface area contributed by atoms with Crippen LogP contribution in [-0.2, 0) is 4.79 Å². The third kappa shape index (κ3) is 2.24. The summed E-state index contributed by atoms with van der Waals surface area (Å²) in [6.45, 7) is -0.279. The molecule has 0 heterocycles. The number of aliphatic hydroxyl groups is 1. The van der Waals surface area contributed by atoms with Crippen LogP contribution in [0.25, 0.3) is 0 Å². The number of carboxylic acid groups (broad SMARTS) is 1. The lowest BCUT2D eigenvalue weighted by molar-refractivity contribution is -0.142. The quantitative estimate of drug-likeness (QED) is 0.517. The number of carbonyl (C=O) groups is 1. The highest BCUT2D eigenvalue weighted by Gasteiger charge is 2.11. The number of aliphatic hydroxyl groups excluding tert-OH is 1. The minimum absolute atomic E-state index is 0.279. The molecule has 48 valence electrons. The molecular formula is C4H9O3P. The van der Waals surface area contributed by atoms with Crippen molar-refractivity contribution in [1.82, 2.24) is 0 Å². The van der Waals surface area contributed by atoms with Crippen molar-refractivity contribution in [3.63, 3.8) is 0 Å². The highest BCUT2D eigenvalue weighted by molar-refractivity contribution is 7.16. The van der Waals surface area contributed by atoms with Gasteiger partial charge in [-0.1, -0.05) is 0 Å². The molecule has 0 saturated carbocycles. The van der Waals surface area contributed by atoms with E-state index in [4.69, 9.17) is 10.2 Å². The van der Waals surface area contributed by atoms with Crippen LogP contribution in [0.3, 0.4) is 0 Å². The Hall–Kier alpha value is -0.140. The van der Waals surface area contributed by atoms with Gasteiger partial charge in [-0.3, -0.25) is 4.79 Å². The Bertz CT molecular complexity index is 79.4. The Kier molecular flexibility index (Phi) is 3.75. The summed E-state index contributed by atoms with van der Waals surface area (Å²) >= 11 is 0. The highest BCUT2D eigenvalue weighted by atomic mass is 31.0. The zero-order valence-corrected chi connectivity index (χ0v) is 5.53. The molecule has 2 unspecified atom stereocenters. The van der Waals surface area contributed by atoms with Gasteiger partial charge in [0.1, 0.15) is 0 Å². The van der Waals surface area contributed by atoms with E-state index in [9.17, 15) is 4.79 Å². The zero-order chi connectivity index (χ0) is 6.57. The summed E-state index contributed by atoms with van der Waals surface area (Å²) in [6.07, 6.45) is 0.409. The maximum absolute atomic E-state index is 9.99. The van der Waals surface area contributed by atoms with Crippen LogP contribution in [0.5, 0.6) is 0 Å². The van der Waals surface area contributed by atoms with Crippen LogP contribution in [0.15, 0.2) is 0 Å². The second-order valence-electron chi connectivity index (χ2n) is 1.45. The third-order valence-corrected chi connectivity index (χ3v) is 1.42. The van der Waals surface area contributed by atoms with Gasteiger partial charge in [0.25, 0.3) is 0 Å². The van der Waals surface area contributed by atoms with Crippen molar-refractivity contribution in [3.8, 4) is 0 Å². The molecule has 0 aromatic rings.